The summed E-state index contributed by atoms with van der Waals surface area (Å²) < 4.78 is 72.3. The van der Waals surface area contributed by atoms with Gasteiger partial charge in [-0.25, -0.2) is 18.4 Å². The largest absolute Gasteiger partial charge is 0.418 e. The number of aromatic nitrogens is 3. The monoisotopic (exact) mass is 637 g/mol. The molecule has 238 valence electrons. The van der Waals surface area contributed by atoms with Crippen LogP contribution in [0.15, 0.2) is 79.4 Å². The number of amides is 1. The molecule has 0 saturated carbocycles. The molecule has 0 bridgehead atoms. The van der Waals surface area contributed by atoms with E-state index in [1.165, 1.54) is 41.6 Å². The summed E-state index contributed by atoms with van der Waals surface area (Å²) in [5.41, 5.74) is -2.06. The number of halogens is 5. The zero-order chi connectivity index (χ0) is 32.9. The van der Waals surface area contributed by atoms with Gasteiger partial charge in [0.05, 0.1) is 23.7 Å². The fourth-order valence-electron chi connectivity index (χ4n) is 5.37. The zero-order valence-electron chi connectivity index (χ0n) is 24.3. The van der Waals surface area contributed by atoms with E-state index in [-0.39, 0.29) is 56.2 Å². The van der Waals surface area contributed by atoms with Crippen LogP contribution in [0.25, 0.3) is 6.08 Å². The van der Waals surface area contributed by atoms with E-state index in [4.69, 9.17) is 5.26 Å². The van der Waals surface area contributed by atoms with E-state index in [1.807, 2.05) is 6.07 Å². The lowest BCUT2D eigenvalue weighted by molar-refractivity contribution is -0.137. The Bertz CT molecular complexity index is 1760. The molecular weight excluding hydrogens is 609 g/mol. The number of carbonyl (C=O) groups excluding carboxylic acids is 1. The van der Waals surface area contributed by atoms with Crippen LogP contribution in [0, 0.1) is 23.0 Å². The van der Waals surface area contributed by atoms with E-state index in [0.717, 1.165) is 18.2 Å². The number of nitrogens with one attached hydrogen (secondary N) is 1. The molecule has 4 aromatic rings. The normalized spacial score (nSPS) is 15.5. The third-order valence-electron chi connectivity index (χ3n) is 7.53. The summed E-state index contributed by atoms with van der Waals surface area (Å²) in [6, 6.07) is 14.9. The van der Waals surface area contributed by atoms with Gasteiger partial charge < -0.3 is 15.3 Å². The Morgan fingerprint density at radius 1 is 1.00 bits per heavy atom. The second-order valence-electron chi connectivity index (χ2n) is 10.8. The highest BCUT2D eigenvalue weighted by Crippen LogP contribution is 2.39. The van der Waals surface area contributed by atoms with Gasteiger partial charge in [0, 0.05) is 61.8 Å². The van der Waals surface area contributed by atoms with E-state index in [9.17, 15) is 31.9 Å². The predicted octanol–water partition coefficient (Wildman–Crippen LogP) is 4.81. The summed E-state index contributed by atoms with van der Waals surface area (Å²) in [4.78, 5) is 19.6. The third kappa shape index (κ3) is 7.74. The van der Waals surface area contributed by atoms with Crippen molar-refractivity contribution in [2.45, 2.75) is 18.3 Å². The van der Waals surface area contributed by atoms with E-state index in [1.54, 1.807) is 34.1 Å². The standard InChI is InChI=1S/C32H28F5N7O2/c33-24-5-7-26(28(34)15-24)31(46,19-44-21-39-20-40-44)18-42-10-12-43(13-11-42)29-8-6-25(16-27(29)32(35,36)37)41-30(45)9-4-22-2-1-3-23(14-22)17-38/h1-9,14-16,20-21,46H,10-13,18-19H2,(H,41,45)/b9-4+. The molecule has 1 atom stereocenters. The minimum atomic E-state index is -4.72. The number of hydrogen-bond donors (Lipinski definition) is 2. The van der Waals surface area contributed by atoms with E-state index in [0.29, 0.717) is 17.2 Å². The van der Waals surface area contributed by atoms with Gasteiger partial charge in [0.15, 0.2) is 0 Å². The number of nitriles is 1. The number of piperazine rings is 1. The minimum Gasteiger partial charge on any atom is -0.382 e. The van der Waals surface area contributed by atoms with Gasteiger partial charge in [-0.05, 0) is 48.0 Å². The molecule has 46 heavy (non-hydrogen) atoms. The summed E-state index contributed by atoms with van der Waals surface area (Å²) in [5.74, 6) is -2.39. The van der Waals surface area contributed by atoms with Gasteiger partial charge in [-0.3, -0.25) is 9.69 Å². The van der Waals surface area contributed by atoms with Crippen LogP contribution in [-0.2, 0) is 23.1 Å². The Balaban J connectivity index is 1.28. The fourth-order valence-corrected chi connectivity index (χ4v) is 5.37. The summed E-state index contributed by atoms with van der Waals surface area (Å²) in [6.07, 6.45) is 0.493. The minimum absolute atomic E-state index is 0.0466. The molecule has 14 heteroatoms. The van der Waals surface area contributed by atoms with Crippen LogP contribution >= 0.6 is 0 Å². The Hall–Kier alpha value is -5.13. The van der Waals surface area contributed by atoms with Crippen molar-refractivity contribution >= 4 is 23.4 Å². The second-order valence-corrected chi connectivity index (χ2v) is 10.8. The second kappa shape index (κ2) is 13.5. The molecule has 0 aliphatic carbocycles. The lowest BCUT2D eigenvalue weighted by Crippen LogP contribution is -2.52. The number of anilines is 2. The van der Waals surface area contributed by atoms with Crippen molar-refractivity contribution in [2.75, 3.05) is 42.9 Å². The quantitative estimate of drug-likeness (QED) is 0.200. The average molecular weight is 638 g/mol. The maximum Gasteiger partial charge on any atom is 0.418 e. The fraction of sp³-hybridized carbons (Fsp3) is 0.250. The predicted molar refractivity (Wildman–Crippen MR) is 159 cm³/mol. The Morgan fingerprint density at radius 2 is 1.78 bits per heavy atom. The number of hydrogen-bond acceptors (Lipinski definition) is 7. The first kappa shape index (κ1) is 32.3. The van der Waals surface area contributed by atoms with Crippen molar-refractivity contribution in [1.82, 2.24) is 19.7 Å². The summed E-state index contributed by atoms with van der Waals surface area (Å²) in [7, 11) is 0. The van der Waals surface area contributed by atoms with Gasteiger partial charge in [-0.1, -0.05) is 18.2 Å². The smallest absolute Gasteiger partial charge is 0.382 e. The number of rotatable bonds is 9. The summed E-state index contributed by atoms with van der Waals surface area (Å²) in [6.45, 7) is 0.485. The molecular formula is C32H28F5N7O2. The first-order valence-electron chi connectivity index (χ1n) is 14.1. The molecule has 0 radical (unpaired) electrons. The van der Waals surface area contributed by atoms with E-state index >= 15 is 0 Å². The molecule has 2 heterocycles. The van der Waals surface area contributed by atoms with Crippen molar-refractivity contribution in [3.05, 3.63) is 113 Å². The van der Waals surface area contributed by atoms with Gasteiger partial charge in [0.2, 0.25) is 5.91 Å². The Labute approximate surface area is 260 Å². The first-order valence-corrected chi connectivity index (χ1v) is 14.1. The number of β-amino-alcohol motifs (C(OH)–C–C–N with tert-alkyl or cyclic N) is 1. The molecule has 1 unspecified atom stereocenters. The molecule has 1 aliphatic rings. The van der Waals surface area contributed by atoms with Gasteiger partial charge in [-0.2, -0.15) is 23.5 Å². The highest BCUT2D eigenvalue weighted by atomic mass is 19.4. The third-order valence-corrected chi connectivity index (χ3v) is 7.53. The number of alkyl halides is 3. The number of benzene rings is 3. The van der Waals surface area contributed by atoms with Crippen molar-refractivity contribution in [2.24, 2.45) is 0 Å². The highest BCUT2D eigenvalue weighted by molar-refractivity contribution is 6.02. The van der Waals surface area contributed by atoms with Crippen molar-refractivity contribution in [3.8, 4) is 6.07 Å². The van der Waals surface area contributed by atoms with E-state index < -0.39 is 34.9 Å². The molecule has 5 rings (SSSR count). The van der Waals surface area contributed by atoms with Crippen LogP contribution in [0.3, 0.4) is 0 Å². The molecule has 1 fully saturated rings. The number of carbonyl (C=O) groups is 1. The van der Waals surface area contributed by atoms with Gasteiger partial charge in [0.1, 0.15) is 29.9 Å². The lowest BCUT2D eigenvalue weighted by atomic mass is 9.92. The van der Waals surface area contributed by atoms with Crippen molar-refractivity contribution in [1.29, 1.82) is 5.26 Å². The molecule has 1 aliphatic heterocycles. The van der Waals surface area contributed by atoms with Crippen LogP contribution in [0.1, 0.15) is 22.3 Å². The average Bonchev–Trinajstić information content (AvgIpc) is 3.52. The van der Waals surface area contributed by atoms with Crippen LogP contribution in [0.4, 0.5) is 33.3 Å². The van der Waals surface area contributed by atoms with Gasteiger partial charge in [0.25, 0.3) is 0 Å². The summed E-state index contributed by atoms with van der Waals surface area (Å²) >= 11 is 0. The van der Waals surface area contributed by atoms with Gasteiger partial charge in [-0.15, -0.1) is 0 Å². The first-order chi connectivity index (χ1) is 21.9. The van der Waals surface area contributed by atoms with Crippen molar-refractivity contribution < 1.29 is 31.9 Å². The Morgan fingerprint density at radius 3 is 2.46 bits per heavy atom. The highest BCUT2D eigenvalue weighted by Gasteiger charge is 2.38. The molecule has 3 aromatic carbocycles. The van der Waals surface area contributed by atoms with Crippen LogP contribution in [0.2, 0.25) is 0 Å². The summed E-state index contributed by atoms with van der Waals surface area (Å²) in [5, 5.41) is 27.1. The maximum absolute atomic E-state index is 14.8. The van der Waals surface area contributed by atoms with E-state index in [2.05, 4.69) is 15.4 Å². The topological polar surface area (TPSA) is 110 Å². The lowest BCUT2D eigenvalue weighted by Gasteiger charge is -2.41. The van der Waals surface area contributed by atoms with Gasteiger partial charge >= 0.3 is 6.18 Å². The molecule has 2 N–H and O–H groups in total. The maximum atomic E-state index is 14.8. The molecule has 1 amide bonds. The Kier molecular flexibility index (Phi) is 9.45. The number of aliphatic hydroxyl groups is 1. The molecule has 1 saturated heterocycles. The molecule has 1 aromatic heterocycles. The zero-order valence-corrected chi connectivity index (χ0v) is 24.3. The van der Waals surface area contributed by atoms with Crippen LogP contribution in [0.5, 0.6) is 0 Å². The van der Waals surface area contributed by atoms with Crippen molar-refractivity contribution in [3.63, 3.8) is 0 Å². The SMILES string of the molecule is N#Cc1cccc(/C=C/C(=O)Nc2ccc(N3CCN(CC(O)(Cn4cncn4)c4ccc(F)cc4F)CC3)c(C(F)(F)F)c2)c1. The molecule has 0 spiro atoms. The van der Waals surface area contributed by atoms with Crippen LogP contribution in [-0.4, -0.2) is 63.4 Å². The molecule has 9 nitrogen and oxygen atoms in total. The number of nitrogens with zero attached hydrogens (tertiary/aromatic N) is 6. The van der Waals surface area contributed by atoms with Crippen LogP contribution < -0.4 is 10.2 Å².